The van der Waals surface area contributed by atoms with Gasteiger partial charge in [0.05, 0.1) is 5.56 Å². The number of carbonyl (C=O) groups is 3. The first-order valence-corrected chi connectivity index (χ1v) is 18.8. The van der Waals surface area contributed by atoms with Crippen molar-refractivity contribution in [2.24, 2.45) is 22.7 Å². The first-order chi connectivity index (χ1) is 23.6. The lowest BCUT2D eigenvalue weighted by atomic mass is 9.44. The largest absolute Gasteiger partial charge is 0.511 e. The summed E-state index contributed by atoms with van der Waals surface area (Å²) in [6.45, 7) is 12.7. The van der Waals surface area contributed by atoms with E-state index in [9.17, 15) is 34.8 Å². The molecule has 5 rings (SSSR count). The molecule has 0 spiro atoms. The molecule has 3 aliphatic rings. The topological polar surface area (TPSA) is 132 Å². The fourth-order valence-electron chi connectivity index (χ4n) is 9.79. The summed E-state index contributed by atoms with van der Waals surface area (Å²) in [6.07, 6.45) is 12.0. The highest BCUT2D eigenvalue weighted by molar-refractivity contribution is 6.25. The number of aromatic hydroxyl groups is 1. The average molecular weight is 685 g/mol. The number of phenolic OH excluding ortho intramolecular Hbond substituents is 1. The van der Waals surface area contributed by atoms with Crippen molar-refractivity contribution in [1.29, 1.82) is 0 Å². The number of hydrogen-bond donors (Lipinski definition) is 4. The maximum absolute atomic E-state index is 14.6. The smallest absolute Gasteiger partial charge is 0.209 e. The van der Waals surface area contributed by atoms with E-state index in [0.29, 0.717) is 5.56 Å². The van der Waals surface area contributed by atoms with Gasteiger partial charge in [-0.15, -0.1) is 0 Å². The Morgan fingerprint density at radius 3 is 2.14 bits per heavy atom. The third-order valence-electron chi connectivity index (χ3n) is 12.1. The monoisotopic (exact) mass is 684 g/mol. The van der Waals surface area contributed by atoms with E-state index in [1.165, 1.54) is 56.6 Å². The highest BCUT2D eigenvalue weighted by Crippen LogP contribution is 2.65. The van der Waals surface area contributed by atoms with Gasteiger partial charge < -0.3 is 20.4 Å². The summed E-state index contributed by atoms with van der Waals surface area (Å²) >= 11 is 0. The molecule has 0 saturated carbocycles. The molecule has 0 aliphatic heterocycles. The molecule has 2 aromatic rings. The summed E-state index contributed by atoms with van der Waals surface area (Å²) in [5.41, 5.74) is -0.923. The van der Waals surface area contributed by atoms with Gasteiger partial charge in [0.15, 0.2) is 17.2 Å². The molecule has 3 aliphatic carbocycles. The number of rotatable bonds is 13. The average Bonchev–Trinajstić information content (AvgIpc) is 3.03. The molecule has 0 radical (unpaired) electrons. The third-order valence-corrected chi connectivity index (χ3v) is 12.1. The molecule has 7 heteroatoms. The fourth-order valence-corrected chi connectivity index (χ4v) is 9.79. The first-order valence-electron chi connectivity index (χ1n) is 18.8. The van der Waals surface area contributed by atoms with Crippen molar-refractivity contribution in [2.75, 3.05) is 0 Å². The Kier molecular flexibility index (Phi) is 10.6. The SMILES string of the molecule is CCCCCCCCCCc1ccc(CC)c(-c2ccc(O)c3c2C[C@]2(C)C[C@]4(C)C(C(C)C)C(O)=C(C(C)=O)C(=O)[C@]4(O)C(O)=C2C3=O)c1. The number of allylic oxidation sites excluding steroid dienone is 2. The van der Waals surface area contributed by atoms with Gasteiger partial charge in [-0.3, -0.25) is 14.4 Å². The zero-order valence-electron chi connectivity index (χ0n) is 31.0. The molecule has 0 amide bonds. The molecule has 7 nitrogen and oxygen atoms in total. The van der Waals surface area contributed by atoms with Gasteiger partial charge in [-0.05, 0) is 78.8 Å². The van der Waals surface area contributed by atoms with E-state index in [4.69, 9.17) is 0 Å². The van der Waals surface area contributed by atoms with Gasteiger partial charge in [0.1, 0.15) is 22.8 Å². The van der Waals surface area contributed by atoms with E-state index < -0.39 is 51.0 Å². The molecule has 0 fully saturated rings. The van der Waals surface area contributed by atoms with Crippen molar-refractivity contribution < 1.29 is 34.8 Å². The van der Waals surface area contributed by atoms with Crippen LogP contribution in [0.15, 0.2) is 53.0 Å². The van der Waals surface area contributed by atoms with Crippen LogP contribution in [0.2, 0.25) is 0 Å². The van der Waals surface area contributed by atoms with E-state index in [2.05, 4.69) is 32.0 Å². The number of ketones is 3. The van der Waals surface area contributed by atoms with Crippen molar-refractivity contribution in [1.82, 2.24) is 0 Å². The molecule has 50 heavy (non-hydrogen) atoms. The number of fused-ring (bicyclic) bond motifs is 3. The quantitative estimate of drug-likeness (QED) is 0.122. The van der Waals surface area contributed by atoms with Crippen LogP contribution in [-0.2, 0) is 28.9 Å². The molecule has 0 heterocycles. The van der Waals surface area contributed by atoms with E-state index >= 15 is 0 Å². The molecule has 2 aromatic carbocycles. The summed E-state index contributed by atoms with van der Waals surface area (Å²) in [5, 5.41) is 47.0. The number of unbranched alkanes of at least 4 members (excludes halogenated alkanes) is 7. The Morgan fingerprint density at radius 2 is 1.54 bits per heavy atom. The van der Waals surface area contributed by atoms with Gasteiger partial charge in [-0.25, -0.2) is 0 Å². The minimum Gasteiger partial charge on any atom is -0.511 e. The van der Waals surface area contributed by atoms with Gasteiger partial charge in [-0.1, -0.05) is 111 Å². The van der Waals surface area contributed by atoms with E-state index in [1.807, 2.05) is 26.8 Å². The van der Waals surface area contributed by atoms with Crippen molar-refractivity contribution >= 4 is 17.3 Å². The predicted octanol–water partition coefficient (Wildman–Crippen LogP) is 9.26. The third kappa shape index (κ3) is 5.93. The summed E-state index contributed by atoms with van der Waals surface area (Å²) < 4.78 is 0. The second-order valence-electron chi connectivity index (χ2n) is 16.0. The zero-order valence-corrected chi connectivity index (χ0v) is 31.0. The molecule has 0 bridgehead atoms. The Morgan fingerprint density at radius 1 is 0.900 bits per heavy atom. The van der Waals surface area contributed by atoms with Crippen LogP contribution in [0.4, 0.5) is 0 Å². The zero-order chi connectivity index (χ0) is 36.8. The minimum absolute atomic E-state index is 0.0538. The van der Waals surface area contributed by atoms with Crippen LogP contribution in [0.25, 0.3) is 11.1 Å². The van der Waals surface area contributed by atoms with Crippen LogP contribution in [0.3, 0.4) is 0 Å². The first kappa shape index (κ1) is 37.5. The number of carbonyl (C=O) groups excluding carboxylic acids is 3. The Bertz CT molecular complexity index is 1760. The van der Waals surface area contributed by atoms with Gasteiger partial charge in [0.25, 0.3) is 0 Å². The molecule has 4 atom stereocenters. The summed E-state index contributed by atoms with van der Waals surface area (Å²) in [7, 11) is 0. The maximum Gasteiger partial charge on any atom is 0.209 e. The maximum atomic E-state index is 14.6. The number of aryl methyl sites for hydroxylation is 2. The van der Waals surface area contributed by atoms with Crippen LogP contribution >= 0.6 is 0 Å². The normalized spacial score (nSPS) is 26.3. The molecular formula is C43H56O7. The van der Waals surface area contributed by atoms with Gasteiger partial charge in [0.2, 0.25) is 5.78 Å². The second kappa shape index (κ2) is 14.1. The summed E-state index contributed by atoms with van der Waals surface area (Å²) in [5.74, 6) is -5.07. The lowest BCUT2D eigenvalue weighted by Crippen LogP contribution is -2.67. The van der Waals surface area contributed by atoms with Crippen molar-refractivity contribution in [2.45, 2.75) is 131 Å². The number of hydrogen-bond acceptors (Lipinski definition) is 7. The molecule has 0 aromatic heterocycles. The highest BCUT2D eigenvalue weighted by Gasteiger charge is 2.71. The number of benzene rings is 2. The Balaban J connectivity index is 1.59. The standard InChI is InChI=1S/C43H56O7/c1-8-10-11-12-13-14-15-16-17-27-18-19-28(9-2)30(22-27)29-20-21-32(45)34-31(29)23-41(6)24-42(7)35(25(3)4)37(46)33(26(5)44)39(48)43(42,50)40(49)36(41)38(34)47/h18-22,25,35,45-46,49-50H,8-17,23-24H2,1-7H3/t35?,41-,42-,43+/m1/s1. The number of aliphatic hydroxyl groups excluding tert-OH is 2. The molecule has 4 N–H and O–H groups in total. The van der Waals surface area contributed by atoms with Crippen LogP contribution in [0.1, 0.15) is 133 Å². The lowest BCUT2D eigenvalue weighted by molar-refractivity contribution is -0.171. The van der Waals surface area contributed by atoms with Crippen molar-refractivity contribution in [3.8, 4) is 16.9 Å². The Hall–Kier alpha value is -3.71. The highest BCUT2D eigenvalue weighted by atomic mass is 16.3. The van der Waals surface area contributed by atoms with E-state index in [0.717, 1.165) is 42.9 Å². The van der Waals surface area contributed by atoms with Gasteiger partial charge >= 0.3 is 0 Å². The molecule has 0 saturated heterocycles. The molecule has 270 valence electrons. The Labute approximate surface area is 297 Å². The summed E-state index contributed by atoms with van der Waals surface area (Å²) in [6, 6.07) is 9.93. The van der Waals surface area contributed by atoms with Gasteiger partial charge in [0, 0.05) is 22.3 Å². The predicted molar refractivity (Wildman–Crippen MR) is 196 cm³/mol. The lowest BCUT2D eigenvalue weighted by Gasteiger charge is -2.59. The van der Waals surface area contributed by atoms with Crippen LogP contribution in [-0.4, -0.2) is 43.4 Å². The van der Waals surface area contributed by atoms with Crippen LogP contribution < -0.4 is 0 Å². The number of Topliss-reactive ketones (excluding diaryl/α,β-unsaturated/α-hetero) is 3. The molecular weight excluding hydrogens is 628 g/mol. The summed E-state index contributed by atoms with van der Waals surface area (Å²) in [4.78, 5) is 41.2. The van der Waals surface area contributed by atoms with Crippen LogP contribution in [0.5, 0.6) is 5.75 Å². The fraction of sp³-hybridized carbons (Fsp3) is 0.558. The van der Waals surface area contributed by atoms with Crippen LogP contribution in [0, 0.1) is 22.7 Å². The van der Waals surface area contributed by atoms with E-state index in [-0.39, 0.29) is 41.4 Å². The number of phenols is 1. The minimum atomic E-state index is -2.62. The number of aliphatic hydroxyl groups is 3. The van der Waals surface area contributed by atoms with Gasteiger partial charge in [-0.2, -0.15) is 0 Å². The van der Waals surface area contributed by atoms with Crippen molar-refractivity contribution in [3.63, 3.8) is 0 Å². The second-order valence-corrected chi connectivity index (χ2v) is 16.0. The van der Waals surface area contributed by atoms with Crippen molar-refractivity contribution in [3.05, 3.63) is 75.3 Å². The molecule has 1 unspecified atom stereocenters. The van der Waals surface area contributed by atoms with E-state index in [1.54, 1.807) is 6.92 Å².